The molecule has 0 bridgehead atoms. The molecule has 0 radical (unpaired) electrons. The van der Waals surface area contributed by atoms with Gasteiger partial charge in [0.15, 0.2) is 6.17 Å². The van der Waals surface area contributed by atoms with Gasteiger partial charge in [-0.05, 0) is 36.8 Å². The maximum absolute atomic E-state index is 10.6. The van der Waals surface area contributed by atoms with E-state index in [0.717, 1.165) is 29.5 Å². The monoisotopic (exact) mass is 270 g/mol. The number of isocyanates is 2. The van der Waals surface area contributed by atoms with Gasteiger partial charge in [-0.25, -0.2) is 9.59 Å². The van der Waals surface area contributed by atoms with Gasteiger partial charge in [-0.1, -0.05) is 37.5 Å². The molecule has 20 heavy (non-hydrogen) atoms. The molecule has 0 N–H and O–H groups in total. The summed E-state index contributed by atoms with van der Waals surface area (Å²) in [5.41, 5.74) is 3.02. The van der Waals surface area contributed by atoms with E-state index in [1.165, 1.54) is 31.4 Å². The fraction of sp³-hybridized carbons (Fsp3) is 0.500. The largest absolute Gasteiger partial charge is 0.237 e. The van der Waals surface area contributed by atoms with Crippen LogP contribution >= 0.6 is 0 Å². The molecule has 0 saturated heterocycles. The third-order valence-corrected chi connectivity index (χ3v) is 4.01. The minimum Gasteiger partial charge on any atom is -0.211 e. The van der Waals surface area contributed by atoms with Crippen LogP contribution in [0.3, 0.4) is 0 Å². The van der Waals surface area contributed by atoms with Gasteiger partial charge in [0.2, 0.25) is 12.2 Å². The first-order chi connectivity index (χ1) is 9.77. The van der Waals surface area contributed by atoms with Crippen LogP contribution in [-0.2, 0) is 9.59 Å². The number of carbonyl (C=O) groups excluding carboxylic acids is 2. The van der Waals surface area contributed by atoms with Crippen LogP contribution in [0.25, 0.3) is 0 Å². The van der Waals surface area contributed by atoms with Crippen LogP contribution < -0.4 is 0 Å². The summed E-state index contributed by atoms with van der Waals surface area (Å²) in [6.07, 6.45) is 8.21. The molecule has 0 unspecified atom stereocenters. The minimum absolute atomic E-state index is 0.463. The van der Waals surface area contributed by atoms with Gasteiger partial charge < -0.3 is 0 Å². The fourth-order valence-electron chi connectivity index (χ4n) is 3.08. The van der Waals surface area contributed by atoms with Crippen molar-refractivity contribution >= 4 is 12.2 Å². The van der Waals surface area contributed by atoms with E-state index in [-0.39, 0.29) is 0 Å². The molecule has 4 nitrogen and oxygen atoms in total. The maximum atomic E-state index is 10.6. The number of nitrogens with zero attached hydrogens (tertiary/aromatic N) is 2. The molecule has 1 aliphatic rings. The van der Waals surface area contributed by atoms with Crippen molar-refractivity contribution in [2.24, 2.45) is 9.98 Å². The summed E-state index contributed by atoms with van der Waals surface area (Å²) in [4.78, 5) is 28.5. The van der Waals surface area contributed by atoms with Crippen LogP contribution in [0.4, 0.5) is 0 Å². The fourth-order valence-corrected chi connectivity index (χ4v) is 3.08. The molecule has 1 aliphatic carbocycles. The summed E-state index contributed by atoms with van der Waals surface area (Å²) >= 11 is 0. The molecule has 0 atom stereocenters. The number of aliphatic imine (C=N–C) groups is 2. The Morgan fingerprint density at radius 2 is 1.75 bits per heavy atom. The Morgan fingerprint density at radius 1 is 1.10 bits per heavy atom. The summed E-state index contributed by atoms with van der Waals surface area (Å²) in [6, 6.07) is 6.02. The minimum atomic E-state index is -0.803. The van der Waals surface area contributed by atoms with Gasteiger partial charge in [0.1, 0.15) is 0 Å². The van der Waals surface area contributed by atoms with Gasteiger partial charge in [0.05, 0.1) is 0 Å². The standard InChI is InChI=1S/C16H18N2O2/c1-12-6-5-9-14(13-7-3-2-4-8-13)15(12)16(17-10-19)18-11-20/h5-6,9,13,16H,2-4,7-8H2,1H3. The smallest absolute Gasteiger partial charge is 0.211 e. The quantitative estimate of drug-likeness (QED) is 0.618. The van der Waals surface area contributed by atoms with E-state index in [1.54, 1.807) is 0 Å². The van der Waals surface area contributed by atoms with Crippen LogP contribution in [0.1, 0.15) is 60.9 Å². The molecule has 1 saturated carbocycles. The highest BCUT2D eigenvalue weighted by atomic mass is 16.1. The molecule has 1 aromatic carbocycles. The Balaban J connectivity index is 2.48. The topological polar surface area (TPSA) is 58.9 Å². The Kier molecular flexibility index (Phi) is 5.00. The van der Waals surface area contributed by atoms with Crippen LogP contribution in [0.2, 0.25) is 0 Å². The lowest BCUT2D eigenvalue weighted by Crippen LogP contribution is -2.10. The summed E-state index contributed by atoms with van der Waals surface area (Å²) in [6.45, 7) is 1.95. The second-order valence-electron chi connectivity index (χ2n) is 5.23. The van der Waals surface area contributed by atoms with E-state index in [4.69, 9.17) is 0 Å². The van der Waals surface area contributed by atoms with Gasteiger partial charge in [0.25, 0.3) is 0 Å². The van der Waals surface area contributed by atoms with Crippen molar-refractivity contribution in [2.45, 2.75) is 51.1 Å². The van der Waals surface area contributed by atoms with Gasteiger partial charge >= 0.3 is 0 Å². The zero-order chi connectivity index (χ0) is 14.4. The first-order valence-corrected chi connectivity index (χ1v) is 7.01. The Labute approximate surface area is 118 Å². The van der Waals surface area contributed by atoms with Crippen LogP contribution in [0.15, 0.2) is 28.2 Å². The number of rotatable bonds is 4. The lowest BCUT2D eigenvalue weighted by atomic mass is 9.80. The van der Waals surface area contributed by atoms with Crippen LogP contribution in [-0.4, -0.2) is 12.2 Å². The number of aryl methyl sites for hydroxylation is 1. The molecule has 0 spiro atoms. The van der Waals surface area contributed by atoms with E-state index < -0.39 is 6.17 Å². The third kappa shape index (κ3) is 3.11. The average molecular weight is 270 g/mol. The summed E-state index contributed by atoms with van der Waals surface area (Å²) in [7, 11) is 0. The molecule has 0 aliphatic heterocycles. The van der Waals surface area contributed by atoms with Gasteiger partial charge in [-0.3, -0.25) is 0 Å². The number of hydrogen-bond donors (Lipinski definition) is 0. The molecule has 1 fully saturated rings. The lowest BCUT2D eigenvalue weighted by molar-refractivity contribution is 0.439. The number of hydrogen-bond acceptors (Lipinski definition) is 4. The van der Waals surface area contributed by atoms with Crippen molar-refractivity contribution in [3.63, 3.8) is 0 Å². The summed E-state index contributed by atoms with van der Waals surface area (Å²) < 4.78 is 0. The third-order valence-electron chi connectivity index (χ3n) is 4.01. The Bertz CT molecular complexity index is 546. The zero-order valence-corrected chi connectivity index (χ0v) is 11.6. The highest BCUT2D eigenvalue weighted by molar-refractivity contribution is 5.45. The first kappa shape index (κ1) is 14.4. The predicted octanol–water partition coefficient (Wildman–Crippen LogP) is 3.71. The van der Waals surface area contributed by atoms with Gasteiger partial charge in [0, 0.05) is 5.56 Å². The molecule has 104 valence electrons. The molecule has 0 heterocycles. The van der Waals surface area contributed by atoms with Crippen molar-refractivity contribution in [3.8, 4) is 0 Å². The van der Waals surface area contributed by atoms with Gasteiger partial charge in [-0.2, -0.15) is 9.98 Å². The number of benzene rings is 1. The van der Waals surface area contributed by atoms with E-state index in [1.807, 2.05) is 19.1 Å². The van der Waals surface area contributed by atoms with Crippen molar-refractivity contribution in [1.29, 1.82) is 0 Å². The van der Waals surface area contributed by atoms with Crippen molar-refractivity contribution in [2.75, 3.05) is 0 Å². The highest BCUT2D eigenvalue weighted by Crippen LogP contribution is 2.38. The first-order valence-electron chi connectivity index (χ1n) is 7.01. The van der Waals surface area contributed by atoms with E-state index in [0.29, 0.717) is 5.92 Å². The summed E-state index contributed by atoms with van der Waals surface area (Å²) in [5.74, 6) is 0.463. The summed E-state index contributed by atoms with van der Waals surface area (Å²) in [5, 5.41) is 0. The molecular formula is C16H18N2O2. The van der Waals surface area contributed by atoms with Crippen LogP contribution in [0.5, 0.6) is 0 Å². The van der Waals surface area contributed by atoms with Gasteiger partial charge in [-0.15, -0.1) is 0 Å². The lowest BCUT2D eigenvalue weighted by Gasteiger charge is -2.26. The normalized spacial score (nSPS) is 16.9. The van der Waals surface area contributed by atoms with Crippen LogP contribution in [0, 0.1) is 6.92 Å². The molecule has 1 aromatic rings. The van der Waals surface area contributed by atoms with E-state index in [9.17, 15) is 9.59 Å². The molecule has 0 aromatic heterocycles. The average Bonchev–Trinajstić information content (AvgIpc) is 2.48. The second kappa shape index (κ2) is 6.95. The highest BCUT2D eigenvalue weighted by Gasteiger charge is 2.23. The molecular weight excluding hydrogens is 252 g/mol. The Hall–Kier alpha value is -2.02. The van der Waals surface area contributed by atoms with Crippen molar-refractivity contribution in [3.05, 3.63) is 34.9 Å². The van der Waals surface area contributed by atoms with E-state index >= 15 is 0 Å². The zero-order valence-electron chi connectivity index (χ0n) is 11.6. The van der Waals surface area contributed by atoms with E-state index in [2.05, 4.69) is 16.1 Å². The molecule has 2 rings (SSSR count). The van der Waals surface area contributed by atoms with Crippen molar-refractivity contribution in [1.82, 2.24) is 0 Å². The SMILES string of the molecule is Cc1cccc(C2CCCCC2)c1C(N=C=O)N=C=O. The second-order valence-corrected chi connectivity index (χ2v) is 5.23. The molecule has 0 amide bonds. The maximum Gasteiger partial charge on any atom is 0.237 e. The molecule has 4 heteroatoms. The predicted molar refractivity (Wildman–Crippen MR) is 76.0 cm³/mol. The van der Waals surface area contributed by atoms with Crippen molar-refractivity contribution < 1.29 is 9.59 Å². The Morgan fingerprint density at radius 3 is 2.35 bits per heavy atom.